The van der Waals surface area contributed by atoms with Crippen LogP contribution < -0.4 is 0 Å². The predicted octanol–water partition coefficient (Wildman–Crippen LogP) is 23.0. The van der Waals surface area contributed by atoms with E-state index in [4.69, 9.17) is 21.5 Å². The standard InChI is InChI=1S/C90H54N8/c1-93-75-41-33-66(34-42-75)73-36-44-77(87(55-73)98-84-47-39-70(62-19-10-4-11-20-62)52-80(84)81-53-71(40-48-85(81)98)63-21-12-5-13-22-63)90-95-88(74-24-14-23-67(49-74)64-29-25-58(56-91)26-30-64)94-89(96-90)76-43-35-72(65-31-27-59(57-92)28-32-65)54-86(76)97-82-45-37-68(60-15-6-2-7-16-60)50-78(82)79-51-69(38-46-83(79)97)61-17-8-3-9-18-61/h2-55H. The van der Waals surface area contributed by atoms with Crippen molar-refractivity contribution in [2.24, 2.45) is 0 Å². The van der Waals surface area contributed by atoms with Gasteiger partial charge >= 0.3 is 0 Å². The fraction of sp³-hybridized carbons (Fsp3) is 0. The number of nitrogens with zero attached hydrogens (tertiary/aromatic N) is 8. The maximum absolute atomic E-state index is 9.97. The van der Waals surface area contributed by atoms with E-state index in [2.05, 4.69) is 257 Å². The molecule has 3 heterocycles. The molecule has 454 valence electrons. The molecular formula is C90H54N8. The van der Waals surface area contributed by atoms with Crippen molar-refractivity contribution < 1.29 is 0 Å². The summed E-state index contributed by atoms with van der Waals surface area (Å²) in [5, 5.41) is 24.1. The summed E-state index contributed by atoms with van der Waals surface area (Å²) in [6, 6.07) is 118. The highest BCUT2D eigenvalue weighted by Gasteiger charge is 2.25. The lowest BCUT2D eigenvalue weighted by Gasteiger charge is -2.18. The zero-order chi connectivity index (χ0) is 65.6. The molecule has 0 radical (unpaired) electrons. The molecule has 0 unspecified atom stereocenters. The monoisotopic (exact) mass is 1250 g/mol. The first-order valence-corrected chi connectivity index (χ1v) is 32.4. The second-order valence-electron chi connectivity index (χ2n) is 24.5. The third-order valence-electron chi connectivity index (χ3n) is 18.7. The Morgan fingerprint density at radius 2 is 0.531 bits per heavy atom. The fourth-order valence-corrected chi connectivity index (χ4v) is 13.8. The van der Waals surface area contributed by atoms with Crippen LogP contribution in [0.2, 0.25) is 0 Å². The highest BCUT2D eigenvalue weighted by molar-refractivity contribution is 6.14. The zero-order valence-electron chi connectivity index (χ0n) is 52.8. The highest BCUT2D eigenvalue weighted by atomic mass is 15.1. The predicted molar refractivity (Wildman–Crippen MR) is 399 cm³/mol. The first-order valence-electron chi connectivity index (χ1n) is 32.4. The van der Waals surface area contributed by atoms with Crippen molar-refractivity contribution in [1.82, 2.24) is 24.1 Å². The van der Waals surface area contributed by atoms with Crippen LogP contribution in [0.4, 0.5) is 5.69 Å². The smallest absolute Gasteiger partial charge is 0.187 e. The van der Waals surface area contributed by atoms with Gasteiger partial charge in [-0.1, -0.05) is 224 Å². The summed E-state index contributed by atoms with van der Waals surface area (Å²) >= 11 is 0. The number of rotatable bonds is 12. The van der Waals surface area contributed by atoms with Crippen molar-refractivity contribution in [3.8, 4) is 136 Å². The summed E-state index contributed by atoms with van der Waals surface area (Å²) in [6.45, 7) is 7.84. The van der Waals surface area contributed by atoms with E-state index >= 15 is 0 Å². The van der Waals surface area contributed by atoms with Crippen LogP contribution in [0.5, 0.6) is 0 Å². The van der Waals surface area contributed by atoms with Crippen LogP contribution in [-0.4, -0.2) is 24.1 Å². The Hall–Kier alpha value is -13.8. The molecule has 0 fully saturated rings. The van der Waals surface area contributed by atoms with Crippen LogP contribution in [0.25, 0.3) is 172 Å². The van der Waals surface area contributed by atoms with E-state index in [0.717, 1.165) is 150 Å². The lowest BCUT2D eigenvalue weighted by atomic mass is 9.99. The summed E-state index contributed by atoms with van der Waals surface area (Å²) in [7, 11) is 0. The second-order valence-corrected chi connectivity index (χ2v) is 24.5. The SMILES string of the molecule is [C-]#[N+]c1ccc(-c2ccc(-c3nc(-c4cccc(-c5ccc(C#N)cc5)c4)nc(-c4ccc(-c5ccc(C#N)cc5)cc4-n4c5ccc(-c6ccccc6)cc5c5cc(-c6ccccc6)ccc54)n3)c(-n3c4ccc(-c5ccccc5)cc4c4cc(-c5ccccc5)ccc43)c2)cc1. The lowest BCUT2D eigenvalue weighted by Crippen LogP contribution is -2.06. The Bertz CT molecular complexity index is 5580. The number of benzene rings is 14. The molecule has 0 aliphatic carbocycles. The summed E-state index contributed by atoms with van der Waals surface area (Å²) in [4.78, 5) is 20.8. The van der Waals surface area contributed by atoms with Gasteiger partial charge in [0.1, 0.15) is 0 Å². The van der Waals surface area contributed by atoms with Crippen LogP contribution >= 0.6 is 0 Å². The minimum absolute atomic E-state index is 0.443. The second kappa shape index (κ2) is 24.6. The van der Waals surface area contributed by atoms with E-state index in [9.17, 15) is 10.5 Å². The molecule has 0 amide bonds. The van der Waals surface area contributed by atoms with Gasteiger partial charge in [-0.25, -0.2) is 19.8 Å². The molecule has 17 rings (SSSR count). The Morgan fingerprint density at radius 3 is 0.878 bits per heavy atom. The molecule has 0 N–H and O–H groups in total. The van der Waals surface area contributed by atoms with Crippen LogP contribution in [0.3, 0.4) is 0 Å². The van der Waals surface area contributed by atoms with Gasteiger partial charge in [0.15, 0.2) is 23.2 Å². The molecular weight excluding hydrogens is 1190 g/mol. The minimum Gasteiger partial charge on any atom is -0.308 e. The van der Waals surface area contributed by atoms with Crippen molar-refractivity contribution in [3.05, 3.63) is 350 Å². The Balaban J connectivity index is 0.957. The Kier molecular flexibility index (Phi) is 14.5. The van der Waals surface area contributed by atoms with E-state index in [1.54, 1.807) is 0 Å². The normalized spacial score (nSPS) is 11.2. The first kappa shape index (κ1) is 58.0. The van der Waals surface area contributed by atoms with Crippen molar-refractivity contribution in [3.63, 3.8) is 0 Å². The molecule has 0 aliphatic heterocycles. The summed E-state index contributed by atoms with van der Waals surface area (Å²) < 4.78 is 4.72. The van der Waals surface area contributed by atoms with Gasteiger partial charge < -0.3 is 9.13 Å². The Labute approximate surface area is 566 Å². The summed E-state index contributed by atoms with van der Waals surface area (Å²) in [5.74, 6) is 1.34. The number of aromatic nitrogens is 5. The fourth-order valence-electron chi connectivity index (χ4n) is 13.8. The first-order chi connectivity index (χ1) is 48.4. The van der Waals surface area contributed by atoms with E-state index in [1.807, 2.05) is 97.1 Å². The van der Waals surface area contributed by atoms with E-state index in [1.165, 1.54) is 0 Å². The van der Waals surface area contributed by atoms with Gasteiger partial charge in [-0.15, -0.1) is 0 Å². The quantitative estimate of drug-likeness (QED) is 0.113. The molecule has 0 aliphatic rings. The minimum atomic E-state index is 0.443. The van der Waals surface area contributed by atoms with Gasteiger partial charge in [-0.2, -0.15) is 10.5 Å². The number of nitriles is 2. The molecule has 0 atom stereocenters. The van der Waals surface area contributed by atoms with Crippen LogP contribution in [0, 0.1) is 29.2 Å². The van der Waals surface area contributed by atoms with Crippen molar-refractivity contribution >= 4 is 49.3 Å². The average Bonchev–Trinajstić information content (AvgIpc) is 1.59. The van der Waals surface area contributed by atoms with Gasteiger partial charge in [0.05, 0.1) is 63.3 Å². The molecule has 8 nitrogen and oxygen atoms in total. The largest absolute Gasteiger partial charge is 0.308 e. The van der Waals surface area contributed by atoms with Gasteiger partial charge in [0.25, 0.3) is 0 Å². The molecule has 14 aromatic carbocycles. The third kappa shape index (κ3) is 10.6. The molecule has 8 heteroatoms. The van der Waals surface area contributed by atoms with E-state index in [0.29, 0.717) is 34.3 Å². The van der Waals surface area contributed by atoms with Crippen molar-refractivity contribution in [2.75, 3.05) is 0 Å². The van der Waals surface area contributed by atoms with Crippen LogP contribution in [0.15, 0.2) is 328 Å². The Morgan fingerprint density at radius 1 is 0.255 bits per heavy atom. The molecule has 17 aromatic rings. The lowest BCUT2D eigenvalue weighted by molar-refractivity contribution is 1.06. The van der Waals surface area contributed by atoms with Crippen molar-refractivity contribution in [2.45, 2.75) is 0 Å². The molecule has 3 aromatic heterocycles. The third-order valence-corrected chi connectivity index (χ3v) is 18.7. The van der Waals surface area contributed by atoms with Crippen LogP contribution in [-0.2, 0) is 0 Å². The number of hydrogen-bond acceptors (Lipinski definition) is 5. The maximum atomic E-state index is 9.97. The van der Waals surface area contributed by atoms with E-state index < -0.39 is 0 Å². The topological polar surface area (TPSA) is 100 Å². The van der Waals surface area contributed by atoms with E-state index in [-0.39, 0.29) is 0 Å². The average molecular weight is 1250 g/mol. The highest BCUT2D eigenvalue weighted by Crippen LogP contribution is 2.45. The number of hydrogen-bond donors (Lipinski definition) is 0. The molecule has 0 spiro atoms. The van der Waals surface area contributed by atoms with Crippen LogP contribution in [0.1, 0.15) is 11.1 Å². The van der Waals surface area contributed by atoms with Gasteiger partial charge in [0, 0.05) is 38.2 Å². The van der Waals surface area contributed by atoms with Gasteiger partial charge in [0.2, 0.25) is 0 Å². The zero-order valence-corrected chi connectivity index (χ0v) is 52.8. The molecule has 0 saturated carbocycles. The van der Waals surface area contributed by atoms with Gasteiger partial charge in [-0.3, -0.25) is 0 Å². The molecule has 0 saturated heterocycles. The molecule has 98 heavy (non-hydrogen) atoms. The molecule has 0 bridgehead atoms. The van der Waals surface area contributed by atoms with Gasteiger partial charge in [-0.05, 0) is 181 Å². The summed E-state index contributed by atoms with van der Waals surface area (Å²) in [6.07, 6.45) is 0. The maximum Gasteiger partial charge on any atom is 0.187 e. The summed E-state index contributed by atoms with van der Waals surface area (Å²) in [5.41, 5.74) is 24.2. The van der Waals surface area contributed by atoms with Crippen molar-refractivity contribution in [1.29, 1.82) is 10.5 Å². The number of fused-ring (bicyclic) bond motifs is 6.